The van der Waals surface area contributed by atoms with E-state index in [1.54, 1.807) is 0 Å². The molecule has 0 saturated carbocycles. The fraction of sp³-hybridized carbons (Fsp3) is 0.714. The maximum atomic E-state index is 10.2. The zero-order chi connectivity index (χ0) is 9.90. The van der Waals surface area contributed by atoms with Crippen molar-refractivity contribution < 1.29 is 14.4 Å². The molecule has 1 amide bonds. The topological polar surface area (TPSA) is 73.9 Å². The van der Waals surface area contributed by atoms with Gasteiger partial charge in [-0.05, 0) is 13.8 Å². The molecule has 13 heavy (non-hydrogen) atoms. The van der Waals surface area contributed by atoms with E-state index in [1.807, 2.05) is 13.8 Å². The number of nitrogens with two attached hydrogens (primary N) is 1. The van der Waals surface area contributed by atoms with E-state index in [4.69, 9.17) is 10.6 Å². The number of ether oxygens (including phenoxy) is 1. The molecule has 74 valence electrons. The van der Waals surface area contributed by atoms with E-state index >= 15 is 0 Å². The Hall–Kier alpha value is -0.910. The Labute approximate surface area is 80.6 Å². The van der Waals surface area contributed by atoms with E-state index in [-0.39, 0.29) is 11.5 Å². The molecule has 0 saturated heterocycles. The fourth-order valence-electron chi connectivity index (χ4n) is 0.836. The summed E-state index contributed by atoms with van der Waals surface area (Å²) in [5, 5.41) is 4.66. The van der Waals surface area contributed by atoms with Crippen LogP contribution in [0.25, 0.3) is 0 Å². The van der Waals surface area contributed by atoms with Crippen LogP contribution >= 0.6 is 11.8 Å². The Morgan fingerprint density at radius 1 is 1.85 bits per heavy atom. The van der Waals surface area contributed by atoms with Crippen LogP contribution < -0.4 is 5.73 Å². The van der Waals surface area contributed by atoms with Gasteiger partial charge in [-0.2, -0.15) is 0 Å². The minimum atomic E-state index is -0.772. The van der Waals surface area contributed by atoms with Gasteiger partial charge in [0.1, 0.15) is 16.6 Å². The molecule has 1 heterocycles. The summed E-state index contributed by atoms with van der Waals surface area (Å²) in [4.78, 5) is 15.3. The Morgan fingerprint density at radius 2 is 2.54 bits per heavy atom. The number of carbonyl (C=O) groups excluding carboxylic acids is 1. The molecule has 2 N–H and O–H groups in total. The highest BCUT2D eigenvalue weighted by Crippen LogP contribution is 2.27. The zero-order valence-corrected chi connectivity index (χ0v) is 8.39. The third kappa shape index (κ3) is 3.54. The fourth-order valence-corrected chi connectivity index (χ4v) is 1.69. The lowest BCUT2D eigenvalue weighted by Gasteiger charge is -2.12. The van der Waals surface area contributed by atoms with Crippen LogP contribution in [0, 0.1) is 0 Å². The molecule has 0 aromatic heterocycles. The standard InChI is InChI=1S/C7H12N2O3S/c1-7(2)3-5(9-12-7)13-4-11-6(8)10/h3-4H2,1-2H3,(H2,8,10). The number of amides is 1. The van der Waals surface area contributed by atoms with Gasteiger partial charge in [0.2, 0.25) is 0 Å². The second-order valence-electron chi connectivity index (χ2n) is 3.24. The Morgan fingerprint density at radius 3 is 3.00 bits per heavy atom. The first kappa shape index (κ1) is 10.2. The summed E-state index contributed by atoms with van der Waals surface area (Å²) in [6.07, 6.45) is -0.0361. The van der Waals surface area contributed by atoms with Crippen molar-refractivity contribution in [2.45, 2.75) is 25.9 Å². The van der Waals surface area contributed by atoms with Gasteiger partial charge >= 0.3 is 6.09 Å². The summed E-state index contributed by atoms with van der Waals surface area (Å²) in [7, 11) is 0. The number of rotatable bonds is 2. The minimum Gasteiger partial charge on any atom is -0.438 e. The molecule has 0 aromatic carbocycles. The summed E-state index contributed by atoms with van der Waals surface area (Å²) in [5.41, 5.74) is 4.54. The first-order valence-electron chi connectivity index (χ1n) is 3.80. The van der Waals surface area contributed by atoms with Gasteiger partial charge in [0.25, 0.3) is 0 Å². The summed E-state index contributed by atoms with van der Waals surface area (Å²) < 4.78 is 4.54. The normalized spacial score (nSPS) is 19.1. The first-order valence-corrected chi connectivity index (χ1v) is 4.78. The third-order valence-corrected chi connectivity index (χ3v) is 2.19. The van der Waals surface area contributed by atoms with Crippen molar-refractivity contribution in [2.24, 2.45) is 10.9 Å². The van der Waals surface area contributed by atoms with Crippen molar-refractivity contribution in [1.82, 2.24) is 0 Å². The van der Waals surface area contributed by atoms with Crippen LogP contribution in [0.2, 0.25) is 0 Å². The smallest absolute Gasteiger partial charge is 0.405 e. The lowest BCUT2D eigenvalue weighted by molar-refractivity contribution is 0.0123. The number of hydrogen-bond donors (Lipinski definition) is 1. The molecule has 0 atom stereocenters. The van der Waals surface area contributed by atoms with Crippen molar-refractivity contribution in [1.29, 1.82) is 0 Å². The third-order valence-electron chi connectivity index (χ3n) is 1.40. The summed E-state index contributed by atoms with van der Waals surface area (Å²) in [6, 6.07) is 0. The summed E-state index contributed by atoms with van der Waals surface area (Å²) >= 11 is 1.32. The van der Waals surface area contributed by atoms with E-state index in [2.05, 4.69) is 9.89 Å². The molecule has 0 radical (unpaired) electrons. The quantitative estimate of drug-likeness (QED) is 0.688. The van der Waals surface area contributed by atoms with E-state index in [0.717, 1.165) is 11.5 Å². The molecule has 0 fully saturated rings. The van der Waals surface area contributed by atoms with Crippen LogP contribution in [0.5, 0.6) is 0 Å². The van der Waals surface area contributed by atoms with E-state index in [9.17, 15) is 4.79 Å². The van der Waals surface area contributed by atoms with Gasteiger partial charge in [-0.15, -0.1) is 0 Å². The predicted molar refractivity (Wildman–Crippen MR) is 50.3 cm³/mol. The van der Waals surface area contributed by atoms with Gasteiger partial charge in [0, 0.05) is 6.42 Å². The minimum absolute atomic E-state index is 0.188. The highest BCUT2D eigenvalue weighted by Gasteiger charge is 2.29. The summed E-state index contributed by atoms with van der Waals surface area (Å²) in [5.74, 6) is 0.188. The van der Waals surface area contributed by atoms with E-state index < -0.39 is 6.09 Å². The number of carbonyl (C=O) groups is 1. The molecule has 0 unspecified atom stereocenters. The molecule has 1 aliphatic rings. The molecule has 6 heteroatoms. The highest BCUT2D eigenvalue weighted by atomic mass is 32.2. The highest BCUT2D eigenvalue weighted by molar-refractivity contribution is 8.13. The van der Waals surface area contributed by atoms with Gasteiger partial charge < -0.3 is 15.3 Å². The Balaban J connectivity index is 2.21. The van der Waals surface area contributed by atoms with Crippen molar-refractivity contribution in [3.63, 3.8) is 0 Å². The van der Waals surface area contributed by atoms with Crippen LogP contribution in [0.3, 0.4) is 0 Å². The second kappa shape index (κ2) is 3.87. The average molecular weight is 204 g/mol. The molecule has 0 bridgehead atoms. The monoisotopic (exact) mass is 204 g/mol. The molecule has 5 nitrogen and oxygen atoms in total. The second-order valence-corrected chi connectivity index (χ2v) is 4.23. The molecule has 1 rings (SSSR count). The maximum Gasteiger partial charge on any atom is 0.405 e. The number of oxime groups is 1. The molecule has 0 spiro atoms. The van der Waals surface area contributed by atoms with E-state index in [1.165, 1.54) is 11.8 Å². The van der Waals surface area contributed by atoms with Crippen LogP contribution in [0.4, 0.5) is 4.79 Å². The summed E-state index contributed by atoms with van der Waals surface area (Å²) in [6.45, 7) is 3.89. The molecular formula is C7H12N2O3S. The first-order chi connectivity index (χ1) is 5.99. The van der Waals surface area contributed by atoms with E-state index in [0.29, 0.717) is 0 Å². The Kier molecular flexibility index (Phi) is 3.02. The van der Waals surface area contributed by atoms with Crippen molar-refractivity contribution in [2.75, 3.05) is 5.94 Å². The van der Waals surface area contributed by atoms with Crippen LogP contribution in [0.15, 0.2) is 5.16 Å². The zero-order valence-electron chi connectivity index (χ0n) is 7.57. The Bertz CT molecular complexity index is 240. The van der Waals surface area contributed by atoms with Gasteiger partial charge in [-0.1, -0.05) is 16.9 Å². The van der Waals surface area contributed by atoms with Gasteiger partial charge in [-0.3, -0.25) is 0 Å². The average Bonchev–Trinajstić information content (AvgIpc) is 2.29. The molecule has 0 aromatic rings. The lowest BCUT2D eigenvalue weighted by Crippen LogP contribution is -2.18. The van der Waals surface area contributed by atoms with Crippen molar-refractivity contribution in [3.05, 3.63) is 0 Å². The SMILES string of the molecule is CC1(C)CC(SCOC(N)=O)=NO1. The van der Waals surface area contributed by atoms with Gasteiger partial charge in [0.05, 0.1) is 0 Å². The van der Waals surface area contributed by atoms with Crippen LogP contribution in [-0.4, -0.2) is 22.7 Å². The lowest BCUT2D eigenvalue weighted by atomic mass is 10.1. The largest absolute Gasteiger partial charge is 0.438 e. The number of nitrogens with zero attached hydrogens (tertiary/aromatic N) is 1. The van der Waals surface area contributed by atoms with Crippen molar-refractivity contribution >= 4 is 22.9 Å². The maximum absolute atomic E-state index is 10.2. The molecule has 0 aliphatic carbocycles. The van der Waals surface area contributed by atoms with Crippen LogP contribution in [-0.2, 0) is 9.57 Å². The molecule has 1 aliphatic heterocycles. The predicted octanol–water partition coefficient (Wildman–Crippen LogP) is 1.28. The van der Waals surface area contributed by atoms with Crippen molar-refractivity contribution in [3.8, 4) is 0 Å². The van der Waals surface area contributed by atoms with Crippen LogP contribution in [0.1, 0.15) is 20.3 Å². The number of hydrogen-bond acceptors (Lipinski definition) is 5. The number of thioether (sulfide) groups is 1. The van der Waals surface area contributed by atoms with Gasteiger partial charge in [0.15, 0.2) is 0 Å². The van der Waals surface area contributed by atoms with Gasteiger partial charge in [-0.25, -0.2) is 4.79 Å². The number of primary amides is 1. The molecular weight excluding hydrogens is 192 g/mol.